The average Bonchev–Trinajstić information content (AvgIpc) is 2.97. The van der Waals surface area contributed by atoms with Crippen molar-refractivity contribution in [2.75, 3.05) is 13.6 Å². The number of aryl methyl sites for hydroxylation is 1. The Labute approximate surface area is 107 Å². The molecule has 18 heavy (non-hydrogen) atoms. The molecule has 100 valence electrons. The van der Waals surface area contributed by atoms with E-state index in [4.69, 9.17) is 0 Å². The van der Waals surface area contributed by atoms with Crippen molar-refractivity contribution in [2.45, 2.75) is 44.2 Å². The van der Waals surface area contributed by atoms with Crippen molar-refractivity contribution in [1.29, 1.82) is 0 Å². The van der Waals surface area contributed by atoms with Gasteiger partial charge in [0.1, 0.15) is 0 Å². The van der Waals surface area contributed by atoms with E-state index in [1.807, 2.05) is 10.8 Å². The molecule has 2 rings (SSSR count). The summed E-state index contributed by atoms with van der Waals surface area (Å²) >= 11 is 0. The minimum absolute atomic E-state index is 0.0732. The molecule has 1 N–H and O–H groups in total. The molecule has 0 aliphatic heterocycles. The van der Waals surface area contributed by atoms with Crippen LogP contribution in [-0.2, 0) is 11.3 Å². The van der Waals surface area contributed by atoms with Crippen molar-refractivity contribution in [2.24, 2.45) is 0 Å². The van der Waals surface area contributed by atoms with Gasteiger partial charge in [0.25, 0.3) is 0 Å². The van der Waals surface area contributed by atoms with Gasteiger partial charge in [0.05, 0.1) is 11.9 Å². The van der Waals surface area contributed by atoms with Crippen LogP contribution in [0.25, 0.3) is 0 Å². The summed E-state index contributed by atoms with van der Waals surface area (Å²) in [6, 6.07) is 0. The zero-order valence-corrected chi connectivity index (χ0v) is 10.9. The molecule has 5 nitrogen and oxygen atoms in total. The highest BCUT2D eigenvalue weighted by atomic mass is 16.3. The van der Waals surface area contributed by atoms with Crippen molar-refractivity contribution in [1.82, 2.24) is 14.5 Å². The van der Waals surface area contributed by atoms with Gasteiger partial charge in [0.2, 0.25) is 5.91 Å². The highest BCUT2D eigenvalue weighted by Crippen LogP contribution is 2.29. The molecular formula is C13H21N3O2. The van der Waals surface area contributed by atoms with Gasteiger partial charge >= 0.3 is 0 Å². The quantitative estimate of drug-likeness (QED) is 0.850. The van der Waals surface area contributed by atoms with Crippen LogP contribution in [0.5, 0.6) is 0 Å². The molecule has 1 aliphatic rings. The van der Waals surface area contributed by atoms with Crippen LogP contribution >= 0.6 is 0 Å². The maximum atomic E-state index is 11.9. The monoisotopic (exact) mass is 251 g/mol. The van der Waals surface area contributed by atoms with E-state index >= 15 is 0 Å². The number of hydrogen-bond donors (Lipinski definition) is 1. The van der Waals surface area contributed by atoms with E-state index in [9.17, 15) is 9.90 Å². The van der Waals surface area contributed by atoms with Crippen LogP contribution in [0, 0.1) is 0 Å². The smallest absolute Gasteiger partial charge is 0.224 e. The maximum Gasteiger partial charge on any atom is 0.224 e. The lowest BCUT2D eigenvalue weighted by Crippen LogP contribution is -2.42. The molecule has 0 radical (unpaired) electrons. The van der Waals surface area contributed by atoms with Crippen molar-refractivity contribution < 1.29 is 9.90 Å². The molecule has 1 aromatic heterocycles. The summed E-state index contributed by atoms with van der Waals surface area (Å²) in [6.45, 7) is 1.09. The van der Waals surface area contributed by atoms with Crippen LogP contribution in [0.15, 0.2) is 18.7 Å². The largest absolute Gasteiger partial charge is 0.388 e. The first kappa shape index (κ1) is 13.1. The number of aromatic nitrogens is 2. The Balaban J connectivity index is 1.77. The third-order valence-electron chi connectivity index (χ3n) is 3.63. The fraction of sp³-hybridized carbons (Fsp3) is 0.692. The van der Waals surface area contributed by atoms with Crippen molar-refractivity contribution >= 4 is 5.91 Å². The second-order valence-corrected chi connectivity index (χ2v) is 5.23. The van der Waals surface area contributed by atoms with Gasteiger partial charge in [-0.1, -0.05) is 12.8 Å². The first-order valence-corrected chi connectivity index (χ1v) is 6.51. The molecule has 1 fully saturated rings. The van der Waals surface area contributed by atoms with E-state index in [2.05, 4.69) is 4.98 Å². The molecule has 0 saturated heterocycles. The number of imidazole rings is 1. The fourth-order valence-electron chi connectivity index (χ4n) is 2.56. The van der Waals surface area contributed by atoms with Crippen LogP contribution in [0.1, 0.15) is 32.1 Å². The molecule has 1 amide bonds. The Morgan fingerprint density at radius 2 is 2.22 bits per heavy atom. The zero-order chi connectivity index (χ0) is 13.0. The maximum absolute atomic E-state index is 11.9. The first-order chi connectivity index (χ1) is 8.59. The van der Waals surface area contributed by atoms with E-state index in [-0.39, 0.29) is 5.91 Å². The third-order valence-corrected chi connectivity index (χ3v) is 3.63. The van der Waals surface area contributed by atoms with Gasteiger partial charge in [0.15, 0.2) is 0 Å². The molecule has 0 aromatic carbocycles. The summed E-state index contributed by atoms with van der Waals surface area (Å²) in [4.78, 5) is 17.5. The minimum Gasteiger partial charge on any atom is -0.388 e. The average molecular weight is 251 g/mol. The minimum atomic E-state index is -0.653. The van der Waals surface area contributed by atoms with Crippen LogP contribution in [0.4, 0.5) is 0 Å². The topological polar surface area (TPSA) is 58.4 Å². The van der Waals surface area contributed by atoms with E-state index < -0.39 is 5.60 Å². The molecule has 1 aromatic rings. The number of nitrogens with zero attached hydrogens (tertiary/aromatic N) is 3. The lowest BCUT2D eigenvalue weighted by molar-refractivity contribution is -0.133. The van der Waals surface area contributed by atoms with E-state index in [0.29, 0.717) is 19.5 Å². The van der Waals surface area contributed by atoms with Crippen molar-refractivity contribution in [3.05, 3.63) is 18.7 Å². The molecule has 0 atom stereocenters. The fourth-order valence-corrected chi connectivity index (χ4v) is 2.56. The molecule has 0 bridgehead atoms. The van der Waals surface area contributed by atoms with Gasteiger partial charge in [-0.15, -0.1) is 0 Å². The predicted octanol–water partition coefficient (Wildman–Crippen LogP) is 1.04. The number of carbonyl (C=O) groups excluding carboxylic acids is 1. The third kappa shape index (κ3) is 3.32. The second-order valence-electron chi connectivity index (χ2n) is 5.23. The van der Waals surface area contributed by atoms with Gasteiger partial charge < -0.3 is 14.6 Å². The Morgan fingerprint density at radius 3 is 2.83 bits per heavy atom. The van der Waals surface area contributed by atoms with Gasteiger partial charge in [0, 0.05) is 39.0 Å². The van der Waals surface area contributed by atoms with E-state index in [1.54, 1.807) is 24.5 Å². The van der Waals surface area contributed by atoms with Crippen molar-refractivity contribution in [3.8, 4) is 0 Å². The van der Waals surface area contributed by atoms with Gasteiger partial charge in [-0.05, 0) is 12.8 Å². The molecular weight excluding hydrogens is 230 g/mol. The molecule has 1 aliphatic carbocycles. The summed E-state index contributed by atoms with van der Waals surface area (Å²) in [6.07, 6.45) is 9.45. The standard InChI is InChI=1S/C13H21N3O2/c1-15(10-13(18)5-2-3-6-13)12(17)4-8-16-9-7-14-11-16/h7,9,11,18H,2-6,8,10H2,1H3. The lowest BCUT2D eigenvalue weighted by atomic mass is 10.0. The van der Waals surface area contributed by atoms with Gasteiger partial charge in [-0.25, -0.2) is 4.98 Å². The molecule has 1 saturated carbocycles. The molecule has 0 unspecified atom stereocenters. The first-order valence-electron chi connectivity index (χ1n) is 6.51. The highest BCUT2D eigenvalue weighted by Gasteiger charge is 2.33. The summed E-state index contributed by atoms with van der Waals surface area (Å²) < 4.78 is 1.88. The molecule has 0 spiro atoms. The number of likely N-dealkylation sites (N-methyl/N-ethyl adjacent to an activating group) is 1. The Kier molecular flexibility index (Phi) is 4.01. The summed E-state index contributed by atoms with van der Waals surface area (Å²) in [5.41, 5.74) is -0.653. The van der Waals surface area contributed by atoms with Crippen LogP contribution in [0.3, 0.4) is 0 Å². The predicted molar refractivity (Wildman–Crippen MR) is 67.9 cm³/mol. The van der Waals surface area contributed by atoms with Crippen LogP contribution in [-0.4, -0.2) is 44.7 Å². The Morgan fingerprint density at radius 1 is 1.50 bits per heavy atom. The molecule has 1 heterocycles. The van der Waals surface area contributed by atoms with E-state index in [1.165, 1.54) is 0 Å². The Bertz CT molecular complexity index is 383. The SMILES string of the molecule is CN(CC1(O)CCCC1)C(=O)CCn1ccnc1. The molecule has 5 heteroatoms. The van der Waals surface area contributed by atoms with Crippen molar-refractivity contribution in [3.63, 3.8) is 0 Å². The van der Waals surface area contributed by atoms with Crippen LogP contribution in [0.2, 0.25) is 0 Å². The number of rotatable bonds is 5. The Hall–Kier alpha value is -1.36. The number of amides is 1. The lowest BCUT2D eigenvalue weighted by Gasteiger charge is -2.28. The summed E-state index contributed by atoms with van der Waals surface area (Å²) in [7, 11) is 1.77. The summed E-state index contributed by atoms with van der Waals surface area (Å²) in [5, 5.41) is 10.3. The number of hydrogen-bond acceptors (Lipinski definition) is 3. The normalized spacial score (nSPS) is 17.9. The number of carbonyl (C=O) groups is 1. The van der Waals surface area contributed by atoms with Gasteiger partial charge in [-0.3, -0.25) is 4.79 Å². The van der Waals surface area contributed by atoms with Crippen LogP contribution < -0.4 is 0 Å². The van der Waals surface area contributed by atoms with E-state index in [0.717, 1.165) is 25.7 Å². The summed E-state index contributed by atoms with van der Waals surface area (Å²) in [5.74, 6) is 0.0732. The zero-order valence-electron chi connectivity index (χ0n) is 10.9. The van der Waals surface area contributed by atoms with Gasteiger partial charge in [-0.2, -0.15) is 0 Å². The number of aliphatic hydroxyl groups is 1. The second kappa shape index (κ2) is 5.52. The highest BCUT2D eigenvalue weighted by molar-refractivity contribution is 5.75.